The second kappa shape index (κ2) is 8.71. The van der Waals surface area contributed by atoms with Crippen molar-refractivity contribution in [3.63, 3.8) is 0 Å². The van der Waals surface area contributed by atoms with Gasteiger partial charge in [0, 0.05) is 12.6 Å². The fourth-order valence-corrected chi connectivity index (χ4v) is 2.38. The highest BCUT2D eigenvalue weighted by Crippen LogP contribution is 2.28. The van der Waals surface area contributed by atoms with Gasteiger partial charge in [-0.3, -0.25) is 9.59 Å². The van der Waals surface area contributed by atoms with Crippen molar-refractivity contribution >= 4 is 23.6 Å². The van der Waals surface area contributed by atoms with Gasteiger partial charge in [0.25, 0.3) is 5.91 Å². The molecule has 0 aliphatic carbocycles. The smallest absolute Gasteiger partial charge is 0.272 e. The Balaban J connectivity index is 2.32. The number of carbonyl (C=O) groups excluding carboxylic acids is 2. The SMILES string of the molecule is COc1ccc(C=C(NC(C)=O)C(=O)Nc2cccc(C)c2)cc1OC. The first kappa shape index (κ1) is 19.1. The first-order valence-electron chi connectivity index (χ1n) is 8.02. The molecule has 2 rings (SSSR count). The number of aryl methyl sites for hydroxylation is 1. The number of hydrogen-bond donors (Lipinski definition) is 2. The molecule has 0 bridgehead atoms. The second-order valence-electron chi connectivity index (χ2n) is 5.68. The third kappa shape index (κ3) is 5.11. The van der Waals surface area contributed by atoms with Crippen LogP contribution in [0.15, 0.2) is 48.2 Å². The normalized spacial score (nSPS) is 10.8. The van der Waals surface area contributed by atoms with Crippen LogP contribution >= 0.6 is 0 Å². The van der Waals surface area contributed by atoms with Crippen molar-refractivity contribution in [1.29, 1.82) is 0 Å². The lowest BCUT2D eigenvalue weighted by molar-refractivity contribution is -0.120. The summed E-state index contributed by atoms with van der Waals surface area (Å²) < 4.78 is 10.5. The quantitative estimate of drug-likeness (QED) is 0.782. The molecule has 0 radical (unpaired) electrons. The molecule has 0 fully saturated rings. The summed E-state index contributed by atoms with van der Waals surface area (Å²) in [5.74, 6) is 0.356. The van der Waals surface area contributed by atoms with Crippen LogP contribution in [0.3, 0.4) is 0 Å². The van der Waals surface area contributed by atoms with Crippen molar-refractivity contribution in [2.45, 2.75) is 13.8 Å². The number of carbonyl (C=O) groups is 2. The average Bonchev–Trinajstić information content (AvgIpc) is 2.60. The molecule has 6 nitrogen and oxygen atoms in total. The molecule has 0 aromatic heterocycles. The predicted octanol–water partition coefficient (Wildman–Crippen LogP) is 3.13. The third-order valence-corrected chi connectivity index (χ3v) is 3.55. The molecule has 0 aliphatic heterocycles. The monoisotopic (exact) mass is 354 g/mol. The van der Waals surface area contributed by atoms with Crippen LogP contribution in [0.5, 0.6) is 11.5 Å². The van der Waals surface area contributed by atoms with Gasteiger partial charge in [-0.25, -0.2) is 0 Å². The van der Waals surface area contributed by atoms with E-state index in [1.165, 1.54) is 14.0 Å². The van der Waals surface area contributed by atoms with Crippen molar-refractivity contribution in [1.82, 2.24) is 5.32 Å². The molecule has 6 heteroatoms. The summed E-state index contributed by atoms with van der Waals surface area (Å²) in [6.07, 6.45) is 1.58. The first-order valence-corrected chi connectivity index (χ1v) is 8.02. The maximum Gasteiger partial charge on any atom is 0.272 e. The van der Waals surface area contributed by atoms with E-state index in [4.69, 9.17) is 9.47 Å². The molecular weight excluding hydrogens is 332 g/mol. The zero-order valence-electron chi connectivity index (χ0n) is 15.3. The van der Waals surface area contributed by atoms with Gasteiger partial charge in [0.15, 0.2) is 11.5 Å². The summed E-state index contributed by atoms with van der Waals surface area (Å²) >= 11 is 0. The number of amides is 2. The topological polar surface area (TPSA) is 76.7 Å². The van der Waals surface area contributed by atoms with Gasteiger partial charge >= 0.3 is 0 Å². The van der Waals surface area contributed by atoms with Crippen molar-refractivity contribution in [3.05, 3.63) is 59.3 Å². The molecule has 0 aliphatic rings. The Hall–Kier alpha value is -3.28. The molecule has 136 valence electrons. The second-order valence-corrected chi connectivity index (χ2v) is 5.68. The highest BCUT2D eigenvalue weighted by molar-refractivity contribution is 6.08. The van der Waals surface area contributed by atoms with Crippen LogP contribution in [0, 0.1) is 6.92 Å². The van der Waals surface area contributed by atoms with Gasteiger partial charge in [-0.15, -0.1) is 0 Å². The maximum absolute atomic E-state index is 12.6. The zero-order chi connectivity index (χ0) is 19.1. The first-order chi connectivity index (χ1) is 12.4. The molecule has 2 aromatic rings. The van der Waals surface area contributed by atoms with E-state index in [0.717, 1.165) is 5.56 Å². The van der Waals surface area contributed by atoms with Crippen molar-refractivity contribution in [3.8, 4) is 11.5 Å². The minimum atomic E-state index is -0.416. The lowest BCUT2D eigenvalue weighted by Crippen LogP contribution is -2.28. The number of rotatable bonds is 6. The molecule has 0 atom stereocenters. The predicted molar refractivity (Wildman–Crippen MR) is 101 cm³/mol. The van der Waals surface area contributed by atoms with Crippen molar-refractivity contribution in [2.24, 2.45) is 0 Å². The van der Waals surface area contributed by atoms with E-state index < -0.39 is 5.91 Å². The van der Waals surface area contributed by atoms with Gasteiger partial charge < -0.3 is 20.1 Å². The fraction of sp³-hybridized carbons (Fsp3) is 0.200. The minimum absolute atomic E-state index is 0.131. The summed E-state index contributed by atoms with van der Waals surface area (Å²) in [7, 11) is 3.08. The van der Waals surface area contributed by atoms with E-state index in [0.29, 0.717) is 22.7 Å². The fourth-order valence-electron chi connectivity index (χ4n) is 2.38. The highest BCUT2D eigenvalue weighted by atomic mass is 16.5. The van der Waals surface area contributed by atoms with Gasteiger partial charge in [0.05, 0.1) is 14.2 Å². The highest BCUT2D eigenvalue weighted by Gasteiger charge is 2.13. The molecule has 0 saturated heterocycles. The van der Waals surface area contributed by atoms with Crippen LogP contribution in [0.25, 0.3) is 6.08 Å². The number of anilines is 1. The van der Waals surface area contributed by atoms with Crippen molar-refractivity contribution in [2.75, 3.05) is 19.5 Å². The molecule has 0 heterocycles. The van der Waals surface area contributed by atoms with E-state index in [1.807, 2.05) is 25.1 Å². The molecular formula is C20H22N2O4. The third-order valence-electron chi connectivity index (χ3n) is 3.55. The molecule has 2 aromatic carbocycles. The van der Waals surface area contributed by atoms with Gasteiger partial charge in [-0.05, 0) is 48.4 Å². The van der Waals surface area contributed by atoms with E-state index in [9.17, 15) is 9.59 Å². The number of nitrogens with one attached hydrogen (secondary N) is 2. The lowest BCUT2D eigenvalue weighted by Gasteiger charge is -2.11. The number of methoxy groups -OCH3 is 2. The Morgan fingerprint density at radius 2 is 1.73 bits per heavy atom. The van der Waals surface area contributed by atoms with Gasteiger partial charge in [0.2, 0.25) is 5.91 Å². The van der Waals surface area contributed by atoms with Crippen molar-refractivity contribution < 1.29 is 19.1 Å². The Kier molecular flexibility index (Phi) is 6.38. The maximum atomic E-state index is 12.6. The summed E-state index contributed by atoms with van der Waals surface area (Å²) in [6, 6.07) is 12.6. The molecule has 0 saturated carbocycles. The van der Waals surface area contributed by atoms with Crippen LogP contribution in [0.4, 0.5) is 5.69 Å². The number of hydrogen-bond acceptors (Lipinski definition) is 4. The van der Waals surface area contributed by atoms with Crippen LogP contribution in [-0.2, 0) is 9.59 Å². The Bertz CT molecular complexity index is 843. The van der Waals surface area contributed by atoms with E-state index in [2.05, 4.69) is 10.6 Å². The summed E-state index contributed by atoms with van der Waals surface area (Å²) in [5, 5.41) is 5.35. The lowest BCUT2D eigenvalue weighted by atomic mass is 10.1. The van der Waals surface area contributed by atoms with Crippen LogP contribution in [0.1, 0.15) is 18.1 Å². The van der Waals surface area contributed by atoms with Crippen LogP contribution < -0.4 is 20.1 Å². The van der Waals surface area contributed by atoms with E-state index >= 15 is 0 Å². The van der Waals surface area contributed by atoms with E-state index in [-0.39, 0.29) is 11.6 Å². The molecule has 26 heavy (non-hydrogen) atoms. The van der Waals surface area contributed by atoms with Gasteiger partial charge in [-0.2, -0.15) is 0 Å². The Morgan fingerprint density at radius 1 is 1.00 bits per heavy atom. The summed E-state index contributed by atoms with van der Waals surface area (Å²) in [5.41, 5.74) is 2.49. The van der Waals surface area contributed by atoms with Crippen LogP contribution in [0.2, 0.25) is 0 Å². The zero-order valence-corrected chi connectivity index (χ0v) is 15.3. The Labute approximate surface area is 152 Å². The van der Waals surface area contributed by atoms with Gasteiger partial charge in [0.1, 0.15) is 5.70 Å². The standard InChI is InChI=1S/C20H22N2O4/c1-13-6-5-7-16(10-13)22-20(24)17(21-14(2)23)11-15-8-9-18(25-3)19(12-15)26-4/h5-12H,1-4H3,(H,21,23)(H,22,24). The largest absolute Gasteiger partial charge is 0.493 e. The summed E-state index contributed by atoms with van der Waals surface area (Å²) in [4.78, 5) is 24.1. The minimum Gasteiger partial charge on any atom is -0.493 e. The average molecular weight is 354 g/mol. The Morgan fingerprint density at radius 3 is 2.35 bits per heavy atom. The molecule has 0 unspecified atom stereocenters. The van der Waals surface area contributed by atoms with Crippen LogP contribution in [-0.4, -0.2) is 26.0 Å². The number of ether oxygens (including phenoxy) is 2. The molecule has 2 N–H and O–H groups in total. The van der Waals surface area contributed by atoms with Gasteiger partial charge in [-0.1, -0.05) is 18.2 Å². The molecule has 2 amide bonds. The number of benzene rings is 2. The molecule has 0 spiro atoms. The van der Waals surface area contributed by atoms with E-state index in [1.54, 1.807) is 37.5 Å². The summed E-state index contributed by atoms with van der Waals surface area (Å²) in [6.45, 7) is 3.28.